The molecule has 4 nitrogen and oxygen atoms in total. The Morgan fingerprint density at radius 1 is 1.10 bits per heavy atom. The molecule has 0 spiro atoms. The van der Waals surface area contributed by atoms with Gasteiger partial charge in [-0.3, -0.25) is 9.59 Å². The molecule has 1 aliphatic carbocycles. The molecule has 0 bridgehead atoms. The van der Waals surface area contributed by atoms with Crippen molar-refractivity contribution in [1.82, 2.24) is 10.2 Å². The normalized spacial score (nSPS) is 15.3. The van der Waals surface area contributed by atoms with E-state index < -0.39 is 6.04 Å². The average molecular weight is 504 g/mol. The van der Waals surface area contributed by atoms with E-state index in [-0.39, 0.29) is 17.9 Å². The molecule has 3 rings (SSSR count). The van der Waals surface area contributed by atoms with E-state index in [1.54, 1.807) is 16.7 Å². The van der Waals surface area contributed by atoms with Crippen LogP contribution in [-0.2, 0) is 16.1 Å². The highest BCUT2D eigenvalue weighted by atomic mass is 79.9. The highest BCUT2D eigenvalue weighted by molar-refractivity contribution is 9.10. The van der Waals surface area contributed by atoms with Gasteiger partial charge in [-0.15, -0.1) is 11.8 Å². The maximum atomic E-state index is 13.2. The molecule has 1 unspecified atom stereocenters. The first-order valence-electron chi connectivity index (χ1n) is 11.0. The minimum absolute atomic E-state index is 0.00898. The fourth-order valence-electron chi connectivity index (χ4n) is 3.90. The zero-order valence-corrected chi connectivity index (χ0v) is 20.5. The van der Waals surface area contributed by atoms with Crippen molar-refractivity contribution in [3.05, 3.63) is 64.6 Å². The van der Waals surface area contributed by atoms with Crippen molar-refractivity contribution in [2.24, 2.45) is 0 Å². The summed E-state index contributed by atoms with van der Waals surface area (Å²) in [7, 11) is 0. The van der Waals surface area contributed by atoms with E-state index in [0.717, 1.165) is 40.6 Å². The molecule has 166 valence electrons. The van der Waals surface area contributed by atoms with E-state index in [4.69, 9.17) is 0 Å². The van der Waals surface area contributed by atoms with E-state index in [1.807, 2.05) is 49.4 Å². The van der Waals surface area contributed by atoms with Crippen LogP contribution >= 0.6 is 27.7 Å². The third kappa shape index (κ3) is 7.69. The zero-order chi connectivity index (χ0) is 22.1. The van der Waals surface area contributed by atoms with Gasteiger partial charge in [-0.05, 0) is 49.6 Å². The van der Waals surface area contributed by atoms with Gasteiger partial charge in [-0.25, -0.2) is 0 Å². The van der Waals surface area contributed by atoms with Gasteiger partial charge in [0.15, 0.2) is 0 Å². The van der Waals surface area contributed by atoms with Gasteiger partial charge in [0.1, 0.15) is 6.04 Å². The summed E-state index contributed by atoms with van der Waals surface area (Å²) in [6.07, 6.45) is 6.04. The van der Waals surface area contributed by atoms with Crippen LogP contribution in [-0.4, -0.2) is 34.6 Å². The van der Waals surface area contributed by atoms with Gasteiger partial charge in [0.2, 0.25) is 11.8 Å². The lowest BCUT2D eigenvalue weighted by Gasteiger charge is -2.31. The van der Waals surface area contributed by atoms with Crippen molar-refractivity contribution in [3.8, 4) is 0 Å². The number of carbonyl (C=O) groups is 2. The molecule has 0 radical (unpaired) electrons. The SMILES string of the molecule is CC(C(=O)NC1CCCCC1)N(Cc1cccc(Br)c1)C(=O)CCSc1ccccc1. The molecular weight excluding hydrogens is 472 g/mol. The van der Waals surface area contributed by atoms with Gasteiger partial charge in [0, 0.05) is 34.1 Å². The highest BCUT2D eigenvalue weighted by Gasteiger charge is 2.27. The smallest absolute Gasteiger partial charge is 0.242 e. The van der Waals surface area contributed by atoms with Crippen molar-refractivity contribution >= 4 is 39.5 Å². The molecule has 0 heterocycles. The Kier molecular flexibility index (Phi) is 9.47. The highest BCUT2D eigenvalue weighted by Crippen LogP contribution is 2.21. The quantitative estimate of drug-likeness (QED) is 0.441. The van der Waals surface area contributed by atoms with Crippen molar-refractivity contribution in [1.29, 1.82) is 0 Å². The van der Waals surface area contributed by atoms with Crippen LogP contribution in [0.1, 0.15) is 51.0 Å². The van der Waals surface area contributed by atoms with Gasteiger partial charge in [-0.2, -0.15) is 0 Å². The third-order valence-corrected chi connectivity index (χ3v) is 7.20. The summed E-state index contributed by atoms with van der Waals surface area (Å²) in [6.45, 7) is 2.27. The Hall–Kier alpha value is -1.79. The van der Waals surface area contributed by atoms with Gasteiger partial charge in [0.25, 0.3) is 0 Å². The van der Waals surface area contributed by atoms with Gasteiger partial charge in [-0.1, -0.05) is 65.5 Å². The molecule has 1 N–H and O–H groups in total. The van der Waals surface area contributed by atoms with Crippen LogP contribution in [0.3, 0.4) is 0 Å². The molecule has 1 atom stereocenters. The first-order valence-corrected chi connectivity index (χ1v) is 12.8. The lowest BCUT2D eigenvalue weighted by Crippen LogP contribution is -2.50. The Balaban J connectivity index is 1.65. The van der Waals surface area contributed by atoms with Crippen LogP contribution in [0.2, 0.25) is 0 Å². The third-order valence-electron chi connectivity index (χ3n) is 5.69. The van der Waals surface area contributed by atoms with Crippen LogP contribution < -0.4 is 5.32 Å². The molecule has 1 saturated carbocycles. The number of halogens is 1. The Morgan fingerprint density at radius 3 is 2.55 bits per heavy atom. The molecular formula is C25H31BrN2O2S. The number of benzene rings is 2. The molecule has 2 amide bonds. The summed E-state index contributed by atoms with van der Waals surface area (Å²) in [5, 5.41) is 3.19. The Labute approximate surface area is 198 Å². The standard InChI is InChI=1S/C25H31BrN2O2S/c1-19(25(30)27-22-11-4-2-5-12-22)28(18-20-9-8-10-21(26)17-20)24(29)15-16-31-23-13-6-3-7-14-23/h3,6-10,13-14,17,19,22H,2,4-5,11-12,15-16,18H2,1H3,(H,27,30). The molecule has 0 aliphatic heterocycles. The van der Waals surface area contributed by atoms with Crippen LogP contribution in [0.25, 0.3) is 0 Å². The molecule has 6 heteroatoms. The first kappa shape index (κ1) is 23.9. The van der Waals surface area contributed by atoms with Crippen molar-refractivity contribution in [2.45, 2.75) is 69.0 Å². The minimum Gasteiger partial charge on any atom is -0.352 e. The van der Waals surface area contributed by atoms with E-state index in [1.165, 1.54) is 6.42 Å². The number of thioether (sulfide) groups is 1. The summed E-state index contributed by atoms with van der Waals surface area (Å²) in [4.78, 5) is 29.0. The molecule has 2 aromatic rings. The van der Waals surface area contributed by atoms with Gasteiger partial charge in [0.05, 0.1) is 0 Å². The second-order valence-electron chi connectivity index (χ2n) is 8.08. The predicted octanol–water partition coefficient (Wildman–Crippen LogP) is 5.80. The molecule has 31 heavy (non-hydrogen) atoms. The number of carbonyl (C=O) groups excluding carboxylic acids is 2. The number of nitrogens with one attached hydrogen (secondary N) is 1. The number of nitrogens with zero attached hydrogens (tertiary/aromatic N) is 1. The van der Waals surface area contributed by atoms with Gasteiger partial charge < -0.3 is 10.2 Å². The molecule has 1 fully saturated rings. The van der Waals surface area contributed by atoms with Crippen molar-refractivity contribution < 1.29 is 9.59 Å². The van der Waals surface area contributed by atoms with Crippen LogP contribution in [0.15, 0.2) is 64.0 Å². The molecule has 0 aromatic heterocycles. The summed E-state index contributed by atoms with van der Waals surface area (Å²) in [6, 6.07) is 17.7. The number of hydrogen-bond donors (Lipinski definition) is 1. The first-order chi connectivity index (χ1) is 15.0. The Morgan fingerprint density at radius 2 is 1.84 bits per heavy atom. The fourth-order valence-corrected chi connectivity index (χ4v) is 5.21. The fraction of sp³-hybridized carbons (Fsp3) is 0.440. The summed E-state index contributed by atoms with van der Waals surface area (Å²) >= 11 is 5.17. The largest absolute Gasteiger partial charge is 0.352 e. The number of rotatable bonds is 9. The average Bonchev–Trinajstić information content (AvgIpc) is 2.78. The van der Waals surface area contributed by atoms with Gasteiger partial charge >= 0.3 is 0 Å². The number of hydrogen-bond acceptors (Lipinski definition) is 3. The van der Waals surface area contributed by atoms with Crippen LogP contribution in [0.5, 0.6) is 0 Å². The maximum absolute atomic E-state index is 13.2. The number of amides is 2. The molecule has 0 saturated heterocycles. The topological polar surface area (TPSA) is 49.4 Å². The second kappa shape index (κ2) is 12.3. The van der Waals surface area contributed by atoms with Crippen LogP contribution in [0, 0.1) is 0 Å². The Bertz CT molecular complexity index is 856. The van der Waals surface area contributed by atoms with Crippen LogP contribution in [0.4, 0.5) is 0 Å². The lowest BCUT2D eigenvalue weighted by atomic mass is 9.95. The van der Waals surface area contributed by atoms with Crippen molar-refractivity contribution in [3.63, 3.8) is 0 Å². The lowest BCUT2D eigenvalue weighted by molar-refractivity contribution is -0.140. The predicted molar refractivity (Wildman–Crippen MR) is 131 cm³/mol. The van der Waals surface area contributed by atoms with E-state index in [2.05, 4.69) is 33.4 Å². The van der Waals surface area contributed by atoms with E-state index in [9.17, 15) is 9.59 Å². The summed E-state index contributed by atoms with van der Waals surface area (Å²) in [5.41, 5.74) is 1.01. The molecule has 1 aliphatic rings. The van der Waals surface area contributed by atoms with E-state index in [0.29, 0.717) is 18.7 Å². The summed E-state index contributed by atoms with van der Waals surface area (Å²) in [5.74, 6) is 0.648. The minimum atomic E-state index is -0.505. The zero-order valence-electron chi connectivity index (χ0n) is 18.1. The monoisotopic (exact) mass is 502 g/mol. The van der Waals surface area contributed by atoms with Crippen molar-refractivity contribution in [2.75, 3.05) is 5.75 Å². The van der Waals surface area contributed by atoms with E-state index >= 15 is 0 Å². The maximum Gasteiger partial charge on any atom is 0.242 e. The summed E-state index contributed by atoms with van der Waals surface area (Å²) < 4.78 is 0.969. The second-order valence-corrected chi connectivity index (χ2v) is 10.2. The molecule has 2 aromatic carbocycles.